The van der Waals surface area contributed by atoms with E-state index in [1.54, 1.807) is 0 Å². The van der Waals surface area contributed by atoms with Gasteiger partial charge in [-0.25, -0.2) is 0 Å². The third-order valence-electron chi connectivity index (χ3n) is 10.3. The second-order valence-electron chi connectivity index (χ2n) is 16.4. The Labute approximate surface area is 269 Å². The predicted molar refractivity (Wildman–Crippen MR) is 193 cm³/mol. The average Bonchev–Trinajstić information content (AvgIpc) is 3.41. The maximum atomic E-state index is 7.08. The number of rotatable bonds is 1. The first-order valence-electron chi connectivity index (χ1n) is 16.3. The fourth-order valence-electron chi connectivity index (χ4n) is 7.74. The van der Waals surface area contributed by atoms with Crippen molar-refractivity contribution >= 4 is 11.4 Å². The Hall–Kier alpha value is -4.30. The normalized spacial score (nSPS) is 14.7. The van der Waals surface area contributed by atoms with Crippen LogP contribution in [0.1, 0.15) is 101 Å². The van der Waals surface area contributed by atoms with E-state index in [0.717, 1.165) is 22.5 Å². The Balaban J connectivity index is 1.68. The number of fused-ring (bicyclic) bond motifs is 10. The molecule has 0 atom stereocenters. The SMILES string of the molecule is CC(C)(C)c1ccc(-c2c(N)ccc3c2C2(c4cc(C(C)(C)C)ccc4-c4ccc(C(C)(C)C)cc42)c2cc(N)ccc2-3)cc1. The third-order valence-corrected chi connectivity index (χ3v) is 10.3. The molecule has 0 fully saturated rings. The quantitative estimate of drug-likeness (QED) is 0.187. The maximum absolute atomic E-state index is 7.08. The fraction of sp³-hybridized carbons (Fsp3) is 0.302. The summed E-state index contributed by atoms with van der Waals surface area (Å²) in [5.41, 5.74) is 31.2. The molecule has 2 aliphatic rings. The van der Waals surface area contributed by atoms with E-state index in [2.05, 4.69) is 147 Å². The molecule has 0 aliphatic heterocycles. The number of anilines is 2. The molecule has 0 aromatic heterocycles. The lowest BCUT2D eigenvalue weighted by Crippen LogP contribution is -2.28. The van der Waals surface area contributed by atoms with Crippen LogP contribution in [0.5, 0.6) is 0 Å². The number of nitrogen functional groups attached to an aromatic ring is 2. The van der Waals surface area contributed by atoms with Gasteiger partial charge in [0.2, 0.25) is 0 Å². The Bertz CT molecular complexity index is 1940. The molecule has 0 heterocycles. The highest BCUT2D eigenvalue weighted by atomic mass is 14.6. The highest BCUT2D eigenvalue weighted by Crippen LogP contribution is 2.66. The van der Waals surface area contributed by atoms with Crippen molar-refractivity contribution in [1.29, 1.82) is 0 Å². The molecule has 2 nitrogen and oxygen atoms in total. The maximum Gasteiger partial charge on any atom is 0.0733 e. The largest absolute Gasteiger partial charge is 0.399 e. The van der Waals surface area contributed by atoms with Crippen LogP contribution >= 0.6 is 0 Å². The molecular formula is C43H46N2. The Morgan fingerprint density at radius 3 is 1.38 bits per heavy atom. The Kier molecular flexibility index (Phi) is 6.12. The van der Waals surface area contributed by atoms with Crippen LogP contribution in [0, 0.1) is 0 Å². The summed E-state index contributed by atoms with van der Waals surface area (Å²) < 4.78 is 0. The summed E-state index contributed by atoms with van der Waals surface area (Å²) in [6, 6.07) is 34.2. The Morgan fingerprint density at radius 2 is 0.867 bits per heavy atom. The first-order chi connectivity index (χ1) is 21.0. The van der Waals surface area contributed by atoms with Crippen LogP contribution in [-0.2, 0) is 21.7 Å². The number of benzene rings is 5. The molecule has 0 bridgehead atoms. The van der Waals surface area contributed by atoms with E-state index in [4.69, 9.17) is 11.5 Å². The van der Waals surface area contributed by atoms with Gasteiger partial charge in [-0.3, -0.25) is 0 Å². The number of nitrogens with two attached hydrogens (primary N) is 2. The molecular weight excluding hydrogens is 544 g/mol. The number of hydrogen-bond donors (Lipinski definition) is 2. The molecule has 0 saturated heterocycles. The molecule has 0 amide bonds. The van der Waals surface area contributed by atoms with E-state index in [1.165, 1.54) is 61.2 Å². The van der Waals surface area contributed by atoms with Crippen molar-refractivity contribution in [3.63, 3.8) is 0 Å². The molecule has 45 heavy (non-hydrogen) atoms. The van der Waals surface area contributed by atoms with E-state index < -0.39 is 5.41 Å². The van der Waals surface area contributed by atoms with Crippen LogP contribution in [0.25, 0.3) is 33.4 Å². The summed E-state index contributed by atoms with van der Waals surface area (Å²) >= 11 is 0. The Morgan fingerprint density at radius 1 is 0.444 bits per heavy atom. The van der Waals surface area contributed by atoms with Gasteiger partial charge < -0.3 is 11.5 Å². The van der Waals surface area contributed by atoms with Crippen molar-refractivity contribution in [2.75, 3.05) is 11.5 Å². The van der Waals surface area contributed by atoms with Crippen molar-refractivity contribution in [2.24, 2.45) is 0 Å². The lowest BCUT2D eigenvalue weighted by Gasteiger charge is -2.34. The van der Waals surface area contributed by atoms with Crippen molar-refractivity contribution in [2.45, 2.75) is 84.0 Å². The minimum absolute atomic E-state index is 0.0110. The topological polar surface area (TPSA) is 52.0 Å². The van der Waals surface area contributed by atoms with E-state index in [0.29, 0.717) is 0 Å². The zero-order chi connectivity index (χ0) is 32.3. The predicted octanol–water partition coefficient (Wildman–Crippen LogP) is 10.8. The monoisotopic (exact) mass is 590 g/mol. The number of hydrogen-bond acceptors (Lipinski definition) is 2. The summed E-state index contributed by atoms with van der Waals surface area (Å²) in [4.78, 5) is 0. The van der Waals surface area contributed by atoms with Gasteiger partial charge in [-0.2, -0.15) is 0 Å². The molecule has 228 valence electrons. The zero-order valence-electron chi connectivity index (χ0n) is 28.3. The third kappa shape index (κ3) is 4.22. The van der Waals surface area contributed by atoms with Crippen LogP contribution in [0.4, 0.5) is 11.4 Å². The van der Waals surface area contributed by atoms with Crippen LogP contribution < -0.4 is 11.5 Å². The summed E-state index contributed by atoms with van der Waals surface area (Å²) in [6.45, 7) is 20.6. The van der Waals surface area contributed by atoms with Gasteiger partial charge in [0, 0.05) is 16.9 Å². The van der Waals surface area contributed by atoms with E-state index >= 15 is 0 Å². The van der Waals surface area contributed by atoms with E-state index in [9.17, 15) is 0 Å². The van der Waals surface area contributed by atoms with Crippen LogP contribution in [-0.4, -0.2) is 0 Å². The van der Waals surface area contributed by atoms with Crippen LogP contribution in [0.15, 0.2) is 91.0 Å². The first kappa shape index (κ1) is 29.4. The summed E-state index contributed by atoms with van der Waals surface area (Å²) in [5, 5.41) is 0. The molecule has 5 aromatic carbocycles. The molecule has 7 rings (SSSR count). The smallest absolute Gasteiger partial charge is 0.0733 e. The lowest BCUT2D eigenvalue weighted by atomic mass is 9.67. The molecule has 5 aromatic rings. The van der Waals surface area contributed by atoms with Gasteiger partial charge in [0.15, 0.2) is 0 Å². The van der Waals surface area contributed by atoms with Crippen LogP contribution in [0.2, 0.25) is 0 Å². The van der Waals surface area contributed by atoms with Gasteiger partial charge >= 0.3 is 0 Å². The molecule has 2 heteroatoms. The second-order valence-corrected chi connectivity index (χ2v) is 16.4. The summed E-state index contributed by atoms with van der Waals surface area (Å²) in [7, 11) is 0. The van der Waals surface area contributed by atoms with Gasteiger partial charge in [-0.05, 0) is 101 Å². The van der Waals surface area contributed by atoms with Crippen molar-refractivity contribution in [3.05, 3.63) is 130 Å². The van der Waals surface area contributed by atoms with E-state index in [1.807, 2.05) is 6.07 Å². The molecule has 4 N–H and O–H groups in total. The van der Waals surface area contributed by atoms with Gasteiger partial charge in [0.1, 0.15) is 0 Å². The van der Waals surface area contributed by atoms with Gasteiger partial charge in [0.05, 0.1) is 5.41 Å². The van der Waals surface area contributed by atoms with Crippen molar-refractivity contribution < 1.29 is 0 Å². The lowest BCUT2D eigenvalue weighted by molar-refractivity contribution is 0.586. The van der Waals surface area contributed by atoms with Crippen LogP contribution in [0.3, 0.4) is 0 Å². The standard InChI is InChI=1S/C43H46N2/c1-40(2,3)26-12-10-25(11-13-26)38-37(45)21-20-33-32-19-16-29(44)24-36(32)43(39(33)38)34-22-27(41(4,5)6)14-17-30(34)31-18-15-28(23-35(31)43)42(7,8)9/h10-24H,44-45H2,1-9H3. The summed E-state index contributed by atoms with van der Waals surface area (Å²) in [5.74, 6) is 0. The second kappa shape index (κ2) is 9.36. The highest BCUT2D eigenvalue weighted by molar-refractivity contribution is 6.01. The molecule has 0 radical (unpaired) electrons. The molecule has 0 saturated carbocycles. The molecule has 2 aliphatic carbocycles. The van der Waals surface area contributed by atoms with Gasteiger partial charge in [-0.1, -0.05) is 135 Å². The summed E-state index contributed by atoms with van der Waals surface area (Å²) in [6.07, 6.45) is 0. The molecule has 0 unspecified atom stereocenters. The van der Waals surface area contributed by atoms with Gasteiger partial charge in [0.25, 0.3) is 0 Å². The highest BCUT2D eigenvalue weighted by Gasteiger charge is 2.54. The minimum Gasteiger partial charge on any atom is -0.399 e. The molecule has 1 spiro atoms. The minimum atomic E-state index is -0.569. The van der Waals surface area contributed by atoms with Gasteiger partial charge in [-0.15, -0.1) is 0 Å². The first-order valence-corrected chi connectivity index (χ1v) is 16.3. The van der Waals surface area contributed by atoms with Crippen molar-refractivity contribution in [3.8, 4) is 33.4 Å². The zero-order valence-corrected chi connectivity index (χ0v) is 28.3. The van der Waals surface area contributed by atoms with Crippen molar-refractivity contribution in [1.82, 2.24) is 0 Å². The fourth-order valence-corrected chi connectivity index (χ4v) is 7.74. The average molecular weight is 591 g/mol. The van der Waals surface area contributed by atoms with E-state index in [-0.39, 0.29) is 16.2 Å².